The lowest BCUT2D eigenvalue weighted by Crippen LogP contribution is -2.49. The number of amides is 1. The third-order valence-electron chi connectivity index (χ3n) is 5.70. The van der Waals surface area contributed by atoms with Crippen LogP contribution in [0.4, 0.5) is 5.82 Å². The smallest absolute Gasteiger partial charge is 0.254 e. The van der Waals surface area contributed by atoms with Crippen LogP contribution >= 0.6 is 23.2 Å². The molecule has 4 rings (SSSR count). The van der Waals surface area contributed by atoms with Crippen molar-refractivity contribution in [1.29, 1.82) is 5.26 Å². The van der Waals surface area contributed by atoms with Gasteiger partial charge in [-0.3, -0.25) is 4.79 Å². The number of carbonyl (C=O) groups excluding carboxylic acids is 1. The Balaban J connectivity index is 1.49. The monoisotopic (exact) mass is 527 g/mol. The van der Waals surface area contributed by atoms with Crippen molar-refractivity contribution in [3.05, 3.63) is 75.9 Å². The Labute approximate surface area is 217 Å². The molecule has 1 atom stereocenters. The fraction of sp³-hybridized carbons (Fsp3) is 0.240. The van der Waals surface area contributed by atoms with Crippen LogP contribution in [0.15, 0.2) is 59.6 Å². The van der Waals surface area contributed by atoms with Crippen LogP contribution in [0.5, 0.6) is 0 Å². The SMILES string of the molecule is CN(C)C(=O)c1ccc(-c2cnc(N3CCN([S+]([O-])c4cccc(Cl)c4)CC3)c(C#N)c2)cc1Cl. The van der Waals surface area contributed by atoms with Crippen molar-refractivity contribution in [2.75, 3.05) is 45.2 Å². The summed E-state index contributed by atoms with van der Waals surface area (Å²) in [6, 6.07) is 16.3. The van der Waals surface area contributed by atoms with E-state index in [1.165, 1.54) is 4.90 Å². The van der Waals surface area contributed by atoms with E-state index >= 15 is 0 Å². The van der Waals surface area contributed by atoms with Crippen molar-refractivity contribution in [2.45, 2.75) is 4.90 Å². The standard InChI is InChI=1S/C25H23Cl2N5O2S/c1-30(2)25(33)22-7-6-17(13-23(22)27)19-12-18(15-28)24(29-16-19)31-8-10-32(11-9-31)35(34)21-5-3-4-20(26)14-21/h3-7,12-14,16H,8-11H2,1-2H3. The molecular formula is C25H23Cl2N5O2S. The molecule has 1 saturated heterocycles. The van der Waals surface area contributed by atoms with Crippen molar-refractivity contribution >= 4 is 46.3 Å². The van der Waals surface area contributed by atoms with Crippen molar-refractivity contribution in [2.24, 2.45) is 0 Å². The number of halogens is 2. The lowest BCUT2D eigenvalue weighted by Gasteiger charge is -2.35. The van der Waals surface area contributed by atoms with Gasteiger partial charge in [-0.2, -0.15) is 5.26 Å². The van der Waals surface area contributed by atoms with Gasteiger partial charge in [0.1, 0.15) is 11.9 Å². The summed E-state index contributed by atoms with van der Waals surface area (Å²) in [6.45, 7) is 2.29. The van der Waals surface area contributed by atoms with Gasteiger partial charge in [0.05, 0.1) is 40.6 Å². The summed E-state index contributed by atoms with van der Waals surface area (Å²) in [7, 11) is 3.34. The van der Waals surface area contributed by atoms with Crippen LogP contribution in [0.2, 0.25) is 10.0 Å². The largest absolute Gasteiger partial charge is 0.593 e. The van der Waals surface area contributed by atoms with Crippen molar-refractivity contribution in [1.82, 2.24) is 14.2 Å². The lowest BCUT2D eigenvalue weighted by molar-refractivity contribution is 0.0828. The van der Waals surface area contributed by atoms with Gasteiger partial charge < -0.3 is 14.4 Å². The van der Waals surface area contributed by atoms with Crippen LogP contribution in [-0.4, -0.2) is 64.9 Å². The minimum Gasteiger partial charge on any atom is -0.593 e. The Morgan fingerprint density at radius 3 is 2.46 bits per heavy atom. The zero-order chi connectivity index (χ0) is 25.1. The van der Waals surface area contributed by atoms with E-state index in [1.54, 1.807) is 68.8 Å². The molecule has 1 aliphatic heterocycles. The molecule has 0 aliphatic carbocycles. The van der Waals surface area contributed by atoms with Gasteiger partial charge in [0.2, 0.25) is 0 Å². The summed E-state index contributed by atoms with van der Waals surface area (Å²) in [4.78, 5) is 21.0. The molecule has 35 heavy (non-hydrogen) atoms. The summed E-state index contributed by atoms with van der Waals surface area (Å²) >= 11 is 11.1. The molecule has 0 spiro atoms. The maximum absolute atomic E-state index is 12.9. The van der Waals surface area contributed by atoms with Crippen LogP contribution in [0.1, 0.15) is 15.9 Å². The number of nitrogens with zero attached hydrogens (tertiary/aromatic N) is 5. The number of aromatic nitrogens is 1. The molecule has 1 fully saturated rings. The van der Waals surface area contributed by atoms with E-state index in [2.05, 4.69) is 11.1 Å². The molecule has 2 heterocycles. The number of pyridine rings is 1. The first-order chi connectivity index (χ1) is 16.8. The highest BCUT2D eigenvalue weighted by Crippen LogP contribution is 2.30. The van der Waals surface area contributed by atoms with E-state index in [1.807, 2.05) is 9.21 Å². The van der Waals surface area contributed by atoms with E-state index in [0.717, 1.165) is 11.1 Å². The molecule has 2 aromatic carbocycles. The van der Waals surface area contributed by atoms with Crippen LogP contribution < -0.4 is 4.90 Å². The van der Waals surface area contributed by atoms with Gasteiger partial charge in [-0.25, -0.2) is 4.98 Å². The highest BCUT2D eigenvalue weighted by molar-refractivity contribution is 7.89. The Bertz CT molecular complexity index is 1290. The first-order valence-electron chi connectivity index (χ1n) is 10.9. The second-order valence-corrected chi connectivity index (χ2v) is 10.6. The Kier molecular flexibility index (Phi) is 7.85. The first kappa shape index (κ1) is 25.3. The normalized spacial score (nSPS) is 14.9. The summed E-state index contributed by atoms with van der Waals surface area (Å²) in [6.07, 6.45) is 1.70. The predicted octanol–water partition coefficient (Wildman–Crippen LogP) is 4.47. The topological polar surface area (TPSA) is 86.5 Å². The van der Waals surface area contributed by atoms with Crippen LogP contribution in [0.25, 0.3) is 11.1 Å². The lowest BCUT2D eigenvalue weighted by atomic mass is 10.0. The second kappa shape index (κ2) is 10.9. The highest BCUT2D eigenvalue weighted by Gasteiger charge is 2.29. The third-order valence-corrected chi connectivity index (χ3v) is 7.74. The molecule has 0 N–H and O–H groups in total. The molecule has 7 nitrogen and oxygen atoms in total. The number of hydrogen-bond acceptors (Lipinski definition) is 6. The summed E-state index contributed by atoms with van der Waals surface area (Å²) in [5.41, 5.74) is 2.36. The summed E-state index contributed by atoms with van der Waals surface area (Å²) in [5, 5.41) is 10.7. The fourth-order valence-electron chi connectivity index (χ4n) is 3.85. The number of anilines is 1. The zero-order valence-corrected chi connectivity index (χ0v) is 21.6. The van der Waals surface area contributed by atoms with E-state index in [9.17, 15) is 14.6 Å². The highest BCUT2D eigenvalue weighted by atomic mass is 35.5. The third kappa shape index (κ3) is 5.56. The van der Waals surface area contributed by atoms with Gasteiger partial charge >= 0.3 is 0 Å². The molecule has 0 saturated carbocycles. The molecule has 1 aromatic heterocycles. The van der Waals surface area contributed by atoms with Gasteiger partial charge in [-0.1, -0.05) is 35.3 Å². The maximum atomic E-state index is 12.9. The Hall–Kier alpha value is -2.80. The number of nitriles is 1. The van der Waals surface area contributed by atoms with Crippen molar-refractivity contribution < 1.29 is 9.35 Å². The van der Waals surface area contributed by atoms with E-state index in [4.69, 9.17) is 23.2 Å². The van der Waals surface area contributed by atoms with Crippen LogP contribution in [-0.2, 0) is 11.4 Å². The number of rotatable bonds is 5. The minimum atomic E-state index is -1.30. The first-order valence-corrected chi connectivity index (χ1v) is 12.7. The number of benzene rings is 2. The Morgan fingerprint density at radius 1 is 1.09 bits per heavy atom. The van der Waals surface area contributed by atoms with Gasteiger partial charge in [0.25, 0.3) is 5.91 Å². The number of carbonyl (C=O) groups is 1. The molecule has 180 valence electrons. The molecule has 10 heteroatoms. The average Bonchev–Trinajstić information content (AvgIpc) is 2.87. The van der Waals surface area contributed by atoms with Crippen LogP contribution in [0.3, 0.4) is 0 Å². The fourth-order valence-corrected chi connectivity index (χ4v) is 5.58. The van der Waals surface area contributed by atoms with E-state index in [-0.39, 0.29) is 5.91 Å². The van der Waals surface area contributed by atoms with Gasteiger partial charge in [-0.05, 0) is 35.9 Å². The summed E-state index contributed by atoms with van der Waals surface area (Å²) in [5.74, 6) is 0.415. The second-order valence-electron chi connectivity index (χ2n) is 8.22. The van der Waals surface area contributed by atoms with E-state index < -0.39 is 11.4 Å². The number of hydrogen-bond donors (Lipinski definition) is 0. The van der Waals surface area contributed by atoms with Gasteiger partial charge in [0.15, 0.2) is 4.90 Å². The molecule has 3 aromatic rings. The molecule has 0 radical (unpaired) electrons. The van der Waals surface area contributed by atoms with E-state index in [0.29, 0.717) is 58.1 Å². The molecule has 1 aliphatic rings. The van der Waals surface area contributed by atoms with Crippen LogP contribution in [0, 0.1) is 11.3 Å². The molecular weight excluding hydrogens is 505 g/mol. The quantitative estimate of drug-likeness (QED) is 0.454. The summed E-state index contributed by atoms with van der Waals surface area (Å²) < 4.78 is 14.8. The molecule has 1 unspecified atom stereocenters. The molecule has 1 amide bonds. The average molecular weight is 528 g/mol. The van der Waals surface area contributed by atoms with Crippen molar-refractivity contribution in [3.63, 3.8) is 0 Å². The Morgan fingerprint density at radius 2 is 1.83 bits per heavy atom. The zero-order valence-electron chi connectivity index (χ0n) is 19.2. The maximum Gasteiger partial charge on any atom is 0.254 e. The van der Waals surface area contributed by atoms with Gasteiger partial charge in [0, 0.05) is 50.0 Å². The minimum absolute atomic E-state index is 0.178. The van der Waals surface area contributed by atoms with Crippen molar-refractivity contribution in [3.8, 4) is 17.2 Å². The predicted molar refractivity (Wildman–Crippen MR) is 139 cm³/mol. The number of piperazine rings is 1. The molecule has 0 bridgehead atoms. The van der Waals surface area contributed by atoms with Gasteiger partial charge in [-0.15, -0.1) is 4.31 Å².